The number of carbonyl (C=O) groups is 1. The molecule has 0 aliphatic carbocycles. The average molecular weight is 308 g/mol. The number of piperazine rings is 1. The Labute approximate surface area is 130 Å². The fourth-order valence-corrected chi connectivity index (χ4v) is 2.47. The van der Waals surface area contributed by atoms with Gasteiger partial charge in [-0.1, -0.05) is 0 Å². The van der Waals surface area contributed by atoms with Crippen LogP contribution in [0.4, 0.5) is 16.7 Å². The maximum absolute atomic E-state index is 12.3. The second-order valence-corrected chi connectivity index (χ2v) is 5.08. The highest BCUT2D eigenvalue weighted by atomic mass is 16.2. The SMILES string of the molecule is CCN(CC)C(=O)N1CCN(c2nc(C)nc(NN)n2)CC1. The summed E-state index contributed by atoms with van der Waals surface area (Å²) in [6.45, 7) is 9.95. The molecule has 1 aromatic heterocycles. The van der Waals surface area contributed by atoms with E-state index >= 15 is 0 Å². The van der Waals surface area contributed by atoms with Crippen LogP contribution in [-0.4, -0.2) is 70.1 Å². The van der Waals surface area contributed by atoms with Crippen LogP contribution in [0.25, 0.3) is 0 Å². The monoisotopic (exact) mass is 308 g/mol. The molecule has 0 spiro atoms. The standard InChI is InChI=1S/C13H24N8O/c1-4-19(5-2)13(22)21-8-6-20(7-9-21)12-16-10(3)15-11(17-12)18-14/h4-9,14H2,1-3H3,(H,15,16,17,18). The summed E-state index contributed by atoms with van der Waals surface area (Å²) in [5.41, 5.74) is 2.44. The van der Waals surface area contributed by atoms with Crippen molar-refractivity contribution in [3.63, 3.8) is 0 Å². The van der Waals surface area contributed by atoms with Crippen LogP contribution in [0.1, 0.15) is 19.7 Å². The molecule has 0 radical (unpaired) electrons. The number of nitrogen functional groups attached to an aromatic ring is 1. The first-order valence-electron chi connectivity index (χ1n) is 7.57. The van der Waals surface area contributed by atoms with Crippen molar-refractivity contribution in [1.29, 1.82) is 0 Å². The molecule has 0 bridgehead atoms. The van der Waals surface area contributed by atoms with E-state index in [0.717, 1.165) is 13.1 Å². The van der Waals surface area contributed by atoms with Gasteiger partial charge in [-0.2, -0.15) is 15.0 Å². The first kappa shape index (κ1) is 16.2. The van der Waals surface area contributed by atoms with E-state index < -0.39 is 0 Å². The highest BCUT2D eigenvalue weighted by Gasteiger charge is 2.25. The number of aromatic nitrogens is 3. The molecule has 0 atom stereocenters. The maximum Gasteiger partial charge on any atom is 0.320 e. The zero-order valence-corrected chi connectivity index (χ0v) is 13.4. The minimum Gasteiger partial charge on any atom is -0.337 e. The van der Waals surface area contributed by atoms with E-state index in [0.29, 0.717) is 43.9 Å². The number of hydrazine groups is 1. The molecular formula is C13H24N8O. The first-order valence-corrected chi connectivity index (χ1v) is 7.57. The molecule has 9 heteroatoms. The number of amides is 2. The third-order valence-corrected chi connectivity index (χ3v) is 3.73. The number of urea groups is 1. The van der Waals surface area contributed by atoms with Crippen molar-refractivity contribution < 1.29 is 4.79 Å². The lowest BCUT2D eigenvalue weighted by Crippen LogP contribution is -2.53. The van der Waals surface area contributed by atoms with Crippen molar-refractivity contribution >= 4 is 17.9 Å². The van der Waals surface area contributed by atoms with E-state index in [9.17, 15) is 4.79 Å². The lowest BCUT2D eigenvalue weighted by atomic mass is 10.3. The number of nitrogens with zero attached hydrogens (tertiary/aromatic N) is 6. The van der Waals surface area contributed by atoms with Gasteiger partial charge < -0.3 is 14.7 Å². The van der Waals surface area contributed by atoms with Gasteiger partial charge in [0.2, 0.25) is 11.9 Å². The number of nitrogens with one attached hydrogen (secondary N) is 1. The Morgan fingerprint density at radius 2 is 1.82 bits per heavy atom. The molecule has 2 rings (SSSR count). The predicted molar refractivity (Wildman–Crippen MR) is 84.5 cm³/mol. The van der Waals surface area contributed by atoms with E-state index in [1.165, 1.54) is 0 Å². The van der Waals surface area contributed by atoms with E-state index in [-0.39, 0.29) is 6.03 Å². The van der Waals surface area contributed by atoms with Crippen molar-refractivity contribution in [1.82, 2.24) is 24.8 Å². The molecule has 2 amide bonds. The summed E-state index contributed by atoms with van der Waals surface area (Å²) >= 11 is 0. The van der Waals surface area contributed by atoms with E-state index in [1.54, 1.807) is 6.92 Å². The zero-order chi connectivity index (χ0) is 16.1. The molecule has 2 heterocycles. The Morgan fingerprint density at radius 3 is 2.36 bits per heavy atom. The average Bonchev–Trinajstić information content (AvgIpc) is 2.55. The van der Waals surface area contributed by atoms with Gasteiger partial charge in [-0.25, -0.2) is 10.6 Å². The number of hydrogen-bond acceptors (Lipinski definition) is 7. The summed E-state index contributed by atoms with van der Waals surface area (Å²) in [7, 11) is 0. The molecule has 1 saturated heterocycles. The second-order valence-electron chi connectivity index (χ2n) is 5.08. The van der Waals surface area contributed by atoms with Gasteiger partial charge in [0, 0.05) is 39.3 Å². The number of aryl methyl sites for hydroxylation is 1. The molecule has 22 heavy (non-hydrogen) atoms. The van der Waals surface area contributed by atoms with Crippen molar-refractivity contribution in [3.05, 3.63) is 5.82 Å². The van der Waals surface area contributed by atoms with Gasteiger partial charge in [-0.05, 0) is 20.8 Å². The van der Waals surface area contributed by atoms with Crippen LogP contribution in [0.3, 0.4) is 0 Å². The van der Waals surface area contributed by atoms with E-state index in [1.807, 2.05) is 28.5 Å². The summed E-state index contributed by atoms with van der Waals surface area (Å²) in [4.78, 5) is 30.8. The van der Waals surface area contributed by atoms with Crippen molar-refractivity contribution in [3.8, 4) is 0 Å². The number of rotatable bonds is 4. The molecule has 1 aliphatic heterocycles. The quantitative estimate of drug-likeness (QED) is 0.598. The fourth-order valence-electron chi connectivity index (χ4n) is 2.47. The van der Waals surface area contributed by atoms with E-state index in [2.05, 4.69) is 20.4 Å². The minimum absolute atomic E-state index is 0.0980. The van der Waals surface area contributed by atoms with Crippen molar-refractivity contribution in [2.24, 2.45) is 5.84 Å². The van der Waals surface area contributed by atoms with Gasteiger partial charge >= 0.3 is 6.03 Å². The topological polar surface area (TPSA) is 104 Å². The molecule has 1 aromatic rings. The Kier molecular flexibility index (Phi) is 5.31. The van der Waals surface area contributed by atoms with Crippen LogP contribution in [0.5, 0.6) is 0 Å². The minimum atomic E-state index is 0.0980. The summed E-state index contributed by atoms with van der Waals surface area (Å²) < 4.78 is 0. The molecule has 1 aliphatic rings. The summed E-state index contributed by atoms with van der Waals surface area (Å²) in [5.74, 6) is 6.92. The van der Waals surface area contributed by atoms with E-state index in [4.69, 9.17) is 5.84 Å². The number of carbonyl (C=O) groups excluding carboxylic acids is 1. The zero-order valence-electron chi connectivity index (χ0n) is 13.4. The number of hydrogen-bond donors (Lipinski definition) is 2. The number of nitrogens with two attached hydrogens (primary N) is 1. The van der Waals surface area contributed by atoms with Crippen molar-refractivity contribution in [2.75, 3.05) is 49.6 Å². The second kappa shape index (κ2) is 7.21. The highest BCUT2D eigenvalue weighted by Crippen LogP contribution is 2.14. The molecule has 0 aromatic carbocycles. The number of anilines is 2. The summed E-state index contributed by atoms with van der Waals surface area (Å²) in [6.07, 6.45) is 0. The smallest absolute Gasteiger partial charge is 0.320 e. The fraction of sp³-hybridized carbons (Fsp3) is 0.692. The van der Waals surface area contributed by atoms with Gasteiger partial charge in [0.15, 0.2) is 0 Å². The molecular weight excluding hydrogens is 284 g/mol. The van der Waals surface area contributed by atoms with Gasteiger partial charge in [0.1, 0.15) is 5.82 Å². The molecule has 3 N–H and O–H groups in total. The van der Waals surface area contributed by atoms with Gasteiger partial charge in [0.25, 0.3) is 0 Å². The Morgan fingerprint density at radius 1 is 1.18 bits per heavy atom. The van der Waals surface area contributed by atoms with Gasteiger partial charge in [0.05, 0.1) is 0 Å². The van der Waals surface area contributed by atoms with Crippen LogP contribution in [-0.2, 0) is 0 Å². The maximum atomic E-state index is 12.3. The first-order chi connectivity index (χ1) is 10.6. The summed E-state index contributed by atoms with van der Waals surface area (Å²) in [6, 6.07) is 0.0980. The molecule has 1 fully saturated rings. The molecule has 122 valence electrons. The Bertz CT molecular complexity index is 511. The normalized spacial score (nSPS) is 14.9. The van der Waals surface area contributed by atoms with Crippen LogP contribution in [0, 0.1) is 6.92 Å². The third kappa shape index (κ3) is 3.53. The van der Waals surface area contributed by atoms with Crippen molar-refractivity contribution in [2.45, 2.75) is 20.8 Å². The molecule has 9 nitrogen and oxygen atoms in total. The Balaban J connectivity index is 2.00. The largest absolute Gasteiger partial charge is 0.337 e. The Hall–Kier alpha value is -2.16. The van der Waals surface area contributed by atoms with Crippen LogP contribution < -0.4 is 16.2 Å². The predicted octanol–water partition coefficient (Wildman–Crippen LogP) is 0.0494. The molecule has 0 unspecified atom stereocenters. The summed E-state index contributed by atoms with van der Waals surface area (Å²) in [5, 5.41) is 0. The highest BCUT2D eigenvalue weighted by molar-refractivity contribution is 5.74. The van der Waals surface area contributed by atoms with Crippen LogP contribution in [0.2, 0.25) is 0 Å². The van der Waals surface area contributed by atoms with Gasteiger partial charge in [-0.15, -0.1) is 0 Å². The molecule has 0 saturated carbocycles. The van der Waals surface area contributed by atoms with Crippen LogP contribution >= 0.6 is 0 Å². The lowest BCUT2D eigenvalue weighted by Gasteiger charge is -2.37. The van der Waals surface area contributed by atoms with Crippen LogP contribution in [0.15, 0.2) is 0 Å². The lowest BCUT2D eigenvalue weighted by molar-refractivity contribution is 0.154. The van der Waals surface area contributed by atoms with Gasteiger partial charge in [-0.3, -0.25) is 5.43 Å². The third-order valence-electron chi connectivity index (χ3n) is 3.73.